The number of thiazole rings is 1. The van der Waals surface area contributed by atoms with Crippen LogP contribution in [0.1, 0.15) is 27.8 Å². The molecule has 2 amide bonds. The van der Waals surface area contributed by atoms with Crippen LogP contribution in [0.2, 0.25) is 5.02 Å². The molecule has 0 radical (unpaired) electrons. The maximum absolute atomic E-state index is 13.9. The van der Waals surface area contributed by atoms with Crippen LogP contribution < -0.4 is 5.32 Å². The fourth-order valence-corrected chi connectivity index (χ4v) is 3.63. The number of rotatable bonds is 4. The lowest BCUT2D eigenvalue weighted by Gasteiger charge is -2.34. The number of amides is 2. The van der Waals surface area contributed by atoms with Crippen molar-refractivity contribution in [3.8, 4) is 0 Å². The van der Waals surface area contributed by atoms with Crippen LogP contribution in [-0.4, -0.2) is 59.3 Å². The fourth-order valence-electron chi connectivity index (χ4n) is 2.71. The van der Waals surface area contributed by atoms with Gasteiger partial charge in [0, 0.05) is 43.1 Å². The molecular weight excluding hydrogens is 379 g/mol. The molecule has 9 heteroatoms. The van der Waals surface area contributed by atoms with Crippen LogP contribution in [0.5, 0.6) is 0 Å². The molecule has 0 spiro atoms. The molecule has 26 heavy (non-hydrogen) atoms. The number of hydrogen-bond donors (Lipinski definition) is 1. The lowest BCUT2D eigenvalue weighted by atomic mass is 10.1. The van der Waals surface area contributed by atoms with Gasteiger partial charge in [-0.1, -0.05) is 11.6 Å². The van der Waals surface area contributed by atoms with Crippen molar-refractivity contribution in [2.45, 2.75) is 6.92 Å². The molecule has 1 fully saturated rings. The second-order valence-electron chi connectivity index (χ2n) is 5.78. The van der Waals surface area contributed by atoms with Crippen LogP contribution in [0.15, 0.2) is 23.6 Å². The summed E-state index contributed by atoms with van der Waals surface area (Å²) < 4.78 is 13.9. The second kappa shape index (κ2) is 8.01. The van der Waals surface area contributed by atoms with E-state index >= 15 is 0 Å². The zero-order chi connectivity index (χ0) is 18.7. The van der Waals surface area contributed by atoms with Crippen LogP contribution >= 0.6 is 22.9 Å². The summed E-state index contributed by atoms with van der Waals surface area (Å²) in [6, 6.07) is 4.00. The summed E-state index contributed by atoms with van der Waals surface area (Å²) >= 11 is 7.11. The van der Waals surface area contributed by atoms with Crippen molar-refractivity contribution in [1.29, 1.82) is 0 Å². The molecule has 6 nitrogen and oxygen atoms in total. The highest BCUT2D eigenvalue weighted by atomic mass is 35.5. The van der Waals surface area contributed by atoms with Crippen molar-refractivity contribution < 1.29 is 14.0 Å². The molecule has 0 unspecified atom stereocenters. The first-order valence-electron chi connectivity index (χ1n) is 8.22. The van der Waals surface area contributed by atoms with Crippen molar-refractivity contribution in [3.63, 3.8) is 0 Å². The molecule has 138 valence electrons. The summed E-state index contributed by atoms with van der Waals surface area (Å²) in [4.78, 5) is 32.5. The number of carbonyl (C=O) groups excluding carboxylic acids is 2. The van der Waals surface area contributed by atoms with Gasteiger partial charge in [0.15, 0.2) is 5.13 Å². The Morgan fingerprint density at radius 3 is 2.50 bits per heavy atom. The zero-order valence-electron chi connectivity index (χ0n) is 14.2. The van der Waals surface area contributed by atoms with Gasteiger partial charge in [-0.2, -0.15) is 0 Å². The Balaban J connectivity index is 1.61. The zero-order valence-corrected chi connectivity index (χ0v) is 15.7. The van der Waals surface area contributed by atoms with Crippen LogP contribution in [-0.2, 0) is 0 Å². The number of aromatic nitrogens is 1. The van der Waals surface area contributed by atoms with Crippen molar-refractivity contribution in [2.75, 3.05) is 38.0 Å². The Kier molecular flexibility index (Phi) is 5.73. The molecule has 0 atom stereocenters. The van der Waals surface area contributed by atoms with Crippen LogP contribution in [0, 0.1) is 5.82 Å². The Morgan fingerprint density at radius 2 is 1.88 bits per heavy atom. The largest absolute Gasteiger partial charge is 0.362 e. The van der Waals surface area contributed by atoms with E-state index in [4.69, 9.17) is 11.6 Å². The van der Waals surface area contributed by atoms with E-state index < -0.39 is 11.7 Å². The molecule has 1 aromatic carbocycles. The highest BCUT2D eigenvalue weighted by Crippen LogP contribution is 2.19. The van der Waals surface area contributed by atoms with Crippen LogP contribution in [0.25, 0.3) is 0 Å². The number of halogens is 2. The molecule has 0 aliphatic carbocycles. The second-order valence-corrected chi connectivity index (χ2v) is 7.07. The smallest absolute Gasteiger partial charge is 0.273 e. The van der Waals surface area contributed by atoms with E-state index in [0.29, 0.717) is 37.0 Å². The van der Waals surface area contributed by atoms with Gasteiger partial charge < -0.3 is 15.1 Å². The highest BCUT2D eigenvalue weighted by Gasteiger charge is 2.27. The average Bonchev–Trinajstić information content (AvgIpc) is 3.10. The topological polar surface area (TPSA) is 65.5 Å². The minimum absolute atomic E-state index is 0.0102. The molecule has 1 aliphatic rings. The number of piperazine rings is 1. The van der Waals surface area contributed by atoms with Crippen molar-refractivity contribution in [1.82, 2.24) is 14.8 Å². The SMILES string of the molecule is CCNc1nc(C(=O)N2CCN(C(=O)c3ccc(Cl)cc3F)CC2)cs1. The van der Waals surface area contributed by atoms with E-state index in [9.17, 15) is 14.0 Å². The fraction of sp³-hybridized carbons (Fsp3) is 0.353. The highest BCUT2D eigenvalue weighted by molar-refractivity contribution is 7.13. The van der Waals surface area contributed by atoms with Crippen molar-refractivity contribution in [3.05, 3.63) is 45.7 Å². The maximum Gasteiger partial charge on any atom is 0.273 e. The van der Waals surface area contributed by atoms with Gasteiger partial charge in [0.25, 0.3) is 11.8 Å². The Labute approximate surface area is 159 Å². The van der Waals surface area contributed by atoms with Gasteiger partial charge >= 0.3 is 0 Å². The van der Waals surface area contributed by atoms with E-state index in [2.05, 4.69) is 10.3 Å². The van der Waals surface area contributed by atoms with Gasteiger partial charge in [0.2, 0.25) is 0 Å². The number of anilines is 1. The molecule has 1 N–H and O–H groups in total. The first-order chi connectivity index (χ1) is 12.5. The monoisotopic (exact) mass is 396 g/mol. The van der Waals surface area contributed by atoms with E-state index in [1.165, 1.54) is 23.5 Å². The number of hydrogen-bond acceptors (Lipinski definition) is 5. The molecule has 1 saturated heterocycles. The van der Waals surface area contributed by atoms with E-state index in [-0.39, 0.29) is 16.5 Å². The van der Waals surface area contributed by atoms with E-state index in [1.54, 1.807) is 15.2 Å². The molecule has 0 bridgehead atoms. The molecule has 3 rings (SSSR count). The molecule has 1 aliphatic heterocycles. The molecule has 0 saturated carbocycles. The van der Waals surface area contributed by atoms with Crippen LogP contribution in [0.4, 0.5) is 9.52 Å². The summed E-state index contributed by atoms with van der Waals surface area (Å²) in [6.45, 7) is 4.15. The Morgan fingerprint density at radius 1 is 1.23 bits per heavy atom. The van der Waals surface area contributed by atoms with Crippen LogP contribution in [0.3, 0.4) is 0 Å². The summed E-state index contributed by atoms with van der Waals surface area (Å²) in [5.41, 5.74) is 0.387. The van der Waals surface area contributed by atoms with E-state index in [0.717, 1.165) is 12.6 Å². The third-order valence-corrected chi connectivity index (χ3v) is 5.10. The number of carbonyl (C=O) groups is 2. The van der Waals surface area contributed by atoms with Crippen molar-refractivity contribution in [2.24, 2.45) is 0 Å². The predicted molar refractivity (Wildman–Crippen MR) is 99.5 cm³/mol. The molecule has 2 aromatic rings. The number of nitrogens with one attached hydrogen (secondary N) is 1. The van der Waals surface area contributed by atoms with Gasteiger partial charge in [0.1, 0.15) is 11.5 Å². The van der Waals surface area contributed by atoms with Gasteiger partial charge in [-0.15, -0.1) is 11.3 Å². The lowest BCUT2D eigenvalue weighted by molar-refractivity contribution is 0.0530. The maximum atomic E-state index is 13.9. The number of nitrogens with zero attached hydrogens (tertiary/aromatic N) is 3. The first-order valence-corrected chi connectivity index (χ1v) is 9.48. The third kappa shape index (κ3) is 3.96. The first kappa shape index (κ1) is 18.6. The lowest BCUT2D eigenvalue weighted by Crippen LogP contribution is -2.50. The normalized spacial score (nSPS) is 14.4. The molecule has 2 heterocycles. The quantitative estimate of drug-likeness (QED) is 0.862. The molecule has 1 aromatic heterocycles. The standard InChI is InChI=1S/C17H18ClFN4O2S/c1-2-20-17-21-14(10-26-17)16(25)23-7-5-22(6-8-23)15(24)12-4-3-11(18)9-13(12)19/h3-4,9-10H,2,5-8H2,1H3,(H,20,21). The Hall–Kier alpha value is -2.19. The Bertz CT molecular complexity index is 821. The predicted octanol–water partition coefficient (Wildman–Crippen LogP) is 2.97. The summed E-state index contributed by atoms with van der Waals surface area (Å²) in [5, 5.41) is 5.75. The van der Waals surface area contributed by atoms with Gasteiger partial charge in [-0.3, -0.25) is 9.59 Å². The molecular formula is C17H18ClFN4O2S. The summed E-state index contributed by atoms with van der Waals surface area (Å²) in [6.07, 6.45) is 0. The minimum Gasteiger partial charge on any atom is -0.362 e. The van der Waals surface area contributed by atoms with Crippen molar-refractivity contribution >= 4 is 39.9 Å². The third-order valence-electron chi connectivity index (χ3n) is 4.07. The summed E-state index contributed by atoms with van der Waals surface area (Å²) in [7, 11) is 0. The summed E-state index contributed by atoms with van der Waals surface area (Å²) in [5.74, 6) is -1.19. The minimum atomic E-state index is -0.639. The van der Waals surface area contributed by atoms with Gasteiger partial charge in [-0.05, 0) is 25.1 Å². The van der Waals surface area contributed by atoms with E-state index in [1.807, 2.05) is 6.92 Å². The van der Waals surface area contributed by atoms with Gasteiger partial charge in [-0.25, -0.2) is 9.37 Å². The number of benzene rings is 1. The van der Waals surface area contributed by atoms with Gasteiger partial charge in [0.05, 0.1) is 5.56 Å². The average molecular weight is 397 g/mol.